The van der Waals surface area contributed by atoms with E-state index in [4.69, 9.17) is 5.26 Å². The highest BCUT2D eigenvalue weighted by Gasteiger charge is 2.44. The summed E-state index contributed by atoms with van der Waals surface area (Å²) in [6.45, 7) is 2.22. The number of hydrogen-bond acceptors (Lipinski definition) is 5. The zero-order chi connectivity index (χ0) is 15.8. The number of fused-ring (bicyclic) bond motifs is 1. The molecule has 3 aliphatic rings. The van der Waals surface area contributed by atoms with Gasteiger partial charge in [0, 0.05) is 32.0 Å². The van der Waals surface area contributed by atoms with Crippen LogP contribution in [-0.2, 0) is 4.79 Å². The Kier molecular flexibility index (Phi) is 3.41. The largest absolute Gasteiger partial charge is 0.332 e. The Morgan fingerprint density at radius 2 is 2.13 bits per heavy atom. The Hall–Kier alpha value is -2.55. The number of nitrogens with zero attached hydrogens (tertiary/aromatic N) is 4. The van der Waals surface area contributed by atoms with Crippen LogP contribution in [0.3, 0.4) is 0 Å². The number of amides is 1. The summed E-state index contributed by atoms with van der Waals surface area (Å²) >= 11 is 0. The van der Waals surface area contributed by atoms with Crippen LogP contribution in [0.4, 0.5) is 0 Å². The zero-order valence-corrected chi connectivity index (χ0v) is 12.9. The van der Waals surface area contributed by atoms with Crippen LogP contribution in [0.25, 0.3) is 0 Å². The fraction of sp³-hybridized carbons (Fsp3) is 0.471. The first kappa shape index (κ1) is 14.1. The monoisotopic (exact) mass is 309 g/mol. The molecule has 0 aromatic heterocycles. The maximum Gasteiger partial charge on any atom is 0.270 e. The summed E-state index contributed by atoms with van der Waals surface area (Å²) < 4.78 is 0. The van der Waals surface area contributed by atoms with Gasteiger partial charge in [0.1, 0.15) is 5.71 Å². The first-order valence-electron chi connectivity index (χ1n) is 8.09. The maximum absolute atomic E-state index is 12.8. The molecule has 0 radical (unpaired) electrons. The third-order valence-corrected chi connectivity index (χ3v) is 5.15. The molecule has 4 rings (SSSR count). The Morgan fingerprint density at radius 3 is 2.91 bits per heavy atom. The number of hydrazone groups is 1. The van der Waals surface area contributed by atoms with E-state index in [1.165, 1.54) is 0 Å². The Balaban J connectivity index is 1.44. The minimum atomic E-state index is 0.0308. The molecule has 1 unspecified atom stereocenters. The molecule has 1 aromatic carbocycles. The van der Waals surface area contributed by atoms with Crippen LogP contribution in [0.1, 0.15) is 24.4 Å². The van der Waals surface area contributed by atoms with E-state index in [0.717, 1.165) is 25.1 Å². The second-order valence-corrected chi connectivity index (χ2v) is 6.47. The van der Waals surface area contributed by atoms with Gasteiger partial charge in [-0.15, -0.1) is 0 Å². The summed E-state index contributed by atoms with van der Waals surface area (Å²) in [5, 5.41) is 13.3. The van der Waals surface area contributed by atoms with E-state index in [0.29, 0.717) is 24.6 Å². The number of nitriles is 1. The van der Waals surface area contributed by atoms with Crippen molar-refractivity contribution in [2.75, 3.05) is 19.6 Å². The summed E-state index contributed by atoms with van der Waals surface area (Å²) in [4.78, 5) is 16.5. The van der Waals surface area contributed by atoms with E-state index in [1.807, 2.05) is 35.2 Å². The zero-order valence-electron chi connectivity index (χ0n) is 12.9. The molecule has 3 atom stereocenters. The van der Waals surface area contributed by atoms with Gasteiger partial charge >= 0.3 is 0 Å². The number of nitrogens with one attached hydrogen (secondary N) is 1. The lowest BCUT2D eigenvalue weighted by Crippen LogP contribution is -2.42. The second kappa shape index (κ2) is 5.58. The fourth-order valence-electron chi connectivity index (χ4n) is 3.91. The summed E-state index contributed by atoms with van der Waals surface area (Å²) in [7, 11) is 0. The number of carbonyl (C=O) groups is 1. The molecule has 0 aliphatic carbocycles. The molecular formula is C17H19N5O. The van der Waals surface area contributed by atoms with Gasteiger partial charge in [-0.05, 0) is 12.0 Å². The molecule has 23 heavy (non-hydrogen) atoms. The third kappa shape index (κ3) is 2.42. The molecule has 1 aromatic rings. The summed E-state index contributed by atoms with van der Waals surface area (Å²) in [5.74, 6) is 0.460. The van der Waals surface area contributed by atoms with Crippen molar-refractivity contribution in [1.82, 2.24) is 15.2 Å². The number of rotatable bonds is 2. The van der Waals surface area contributed by atoms with Gasteiger partial charge in [0.15, 0.2) is 6.19 Å². The number of likely N-dealkylation sites (tertiary alicyclic amines) is 2. The van der Waals surface area contributed by atoms with Crippen molar-refractivity contribution in [3.05, 3.63) is 35.9 Å². The SMILES string of the molecule is N#CN1C[C@H]2CCN(C(=O)C3=NNC(c4ccccc4)C3)[C@H]2C1. The van der Waals surface area contributed by atoms with Crippen molar-refractivity contribution in [3.63, 3.8) is 0 Å². The van der Waals surface area contributed by atoms with Gasteiger partial charge < -0.3 is 15.2 Å². The minimum Gasteiger partial charge on any atom is -0.332 e. The van der Waals surface area contributed by atoms with Crippen LogP contribution in [0.5, 0.6) is 0 Å². The average molecular weight is 309 g/mol. The van der Waals surface area contributed by atoms with Crippen molar-refractivity contribution in [1.29, 1.82) is 5.26 Å². The molecule has 3 aliphatic heterocycles. The van der Waals surface area contributed by atoms with Gasteiger partial charge in [0.2, 0.25) is 0 Å². The lowest BCUT2D eigenvalue weighted by molar-refractivity contribution is -0.125. The van der Waals surface area contributed by atoms with Crippen molar-refractivity contribution < 1.29 is 4.79 Å². The number of hydrogen-bond donors (Lipinski definition) is 1. The molecule has 2 saturated heterocycles. The highest BCUT2D eigenvalue weighted by atomic mass is 16.2. The summed E-state index contributed by atoms with van der Waals surface area (Å²) in [6.07, 6.45) is 3.81. The van der Waals surface area contributed by atoms with Crippen LogP contribution in [-0.4, -0.2) is 47.1 Å². The normalized spacial score (nSPS) is 29.0. The van der Waals surface area contributed by atoms with Gasteiger partial charge in [-0.3, -0.25) is 4.79 Å². The van der Waals surface area contributed by atoms with E-state index in [-0.39, 0.29) is 18.0 Å². The molecular weight excluding hydrogens is 290 g/mol. The predicted octanol–water partition coefficient (Wildman–Crippen LogP) is 1.09. The van der Waals surface area contributed by atoms with Crippen LogP contribution >= 0.6 is 0 Å². The lowest BCUT2D eigenvalue weighted by Gasteiger charge is -2.23. The summed E-state index contributed by atoms with van der Waals surface area (Å²) in [5.41, 5.74) is 4.84. The molecule has 3 heterocycles. The molecule has 2 fully saturated rings. The van der Waals surface area contributed by atoms with E-state index >= 15 is 0 Å². The second-order valence-electron chi connectivity index (χ2n) is 6.47. The molecule has 0 bridgehead atoms. The van der Waals surface area contributed by atoms with Crippen molar-refractivity contribution in [2.24, 2.45) is 11.0 Å². The van der Waals surface area contributed by atoms with Crippen molar-refractivity contribution in [2.45, 2.75) is 24.9 Å². The van der Waals surface area contributed by atoms with E-state index in [9.17, 15) is 4.79 Å². The molecule has 0 saturated carbocycles. The van der Waals surface area contributed by atoms with Crippen LogP contribution < -0.4 is 5.43 Å². The molecule has 6 nitrogen and oxygen atoms in total. The van der Waals surface area contributed by atoms with Crippen molar-refractivity contribution in [3.8, 4) is 6.19 Å². The highest BCUT2D eigenvalue weighted by molar-refractivity contribution is 6.39. The predicted molar refractivity (Wildman–Crippen MR) is 85.2 cm³/mol. The van der Waals surface area contributed by atoms with E-state index < -0.39 is 0 Å². The molecule has 0 spiro atoms. The van der Waals surface area contributed by atoms with Crippen LogP contribution in [0.15, 0.2) is 35.4 Å². The maximum atomic E-state index is 12.8. The first-order valence-corrected chi connectivity index (χ1v) is 8.09. The summed E-state index contributed by atoms with van der Waals surface area (Å²) in [6, 6.07) is 10.3. The molecule has 1 amide bonds. The van der Waals surface area contributed by atoms with Crippen molar-refractivity contribution >= 4 is 11.6 Å². The standard InChI is InChI=1S/C17H19N5O/c18-11-21-9-13-6-7-22(16(13)10-21)17(23)15-8-14(19-20-15)12-4-2-1-3-5-12/h1-5,13-14,16,19H,6-10H2/t13-,14?,16+/m1/s1. The minimum absolute atomic E-state index is 0.0308. The Labute approximate surface area is 135 Å². The van der Waals surface area contributed by atoms with Crippen LogP contribution in [0.2, 0.25) is 0 Å². The van der Waals surface area contributed by atoms with Gasteiger partial charge in [-0.1, -0.05) is 30.3 Å². The first-order chi connectivity index (χ1) is 11.3. The van der Waals surface area contributed by atoms with Gasteiger partial charge in [0.05, 0.1) is 12.1 Å². The molecule has 1 N–H and O–H groups in total. The molecule has 6 heteroatoms. The quantitative estimate of drug-likeness (QED) is 0.830. The fourth-order valence-corrected chi connectivity index (χ4v) is 3.91. The Bertz CT molecular complexity index is 680. The molecule has 118 valence electrons. The number of benzene rings is 1. The Morgan fingerprint density at radius 1 is 1.30 bits per heavy atom. The van der Waals surface area contributed by atoms with E-state index in [2.05, 4.69) is 16.7 Å². The van der Waals surface area contributed by atoms with Gasteiger partial charge in [-0.25, -0.2) is 0 Å². The number of carbonyl (C=O) groups excluding carboxylic acids is 1. The third-order valence-electron chi connectivity index (χ3n) is 5.15. The average Bonchev–Trinajstić information content (AvgIpc) is 3.30. The van der Waals surface area contributed by atoms with Crippen LogP contribution in [0, 0.1) is 17.4 Å². The van der Waals surface area contributed by atoms with Gasteiger partial charge in [-0.2, -0.15) is 10.4 Å². The topological polar surface area (TPSA) is 71.7 Å². The smallest absolute Gasteiger partial charge is 0.270 e. The van der Waals surface area contributed by atoms with Gasteiger partial charge in [0.25, 0.3) is 5.91 Å². The van der Waals surface area contributed by atoms with E-state index in [1.54, 1.807) is 4.90 Å². The highest BCUT2D eigenvalue weighted by Crippen LogP contribution is 2.32. The lowest BCUT2D eigenvalue weighted by atomic mass is 10.0.